The van der Waals surface area contributed by atoms with Gasteiger partial charge in [0, 0.05) is 11.4 Å². The lowest BCUT2D eigenvalue weighted by atomic mass is 9.72. The van der Waals surface area contributed by atoms with Gasteiger partial charge in [0.15, 0.2) is 0 Å². The molecule has 88 valence electrons. The predicted octanol–water partition coefficient (Wildman–Crippen LogP) is 3.91. The first-order valence-electron chi connectivity index (χ1n) is 6.23. The Morgan fingerprint density at radius 2 is 2.00 bits per heavy atom. The first-order valence-corrected chi connectivity index (χ1v) is 7.42. The average Bonchev–Trinajstić information content (AvgIpc) is 2.82. The molecule has 0 bridgehead atoms. The molecule has 1 fully saturated rings. The van der Waals surface area contributed by atoms with E-state index in [1.54, 1.807) is 16.2 Å². The molecule has 0 aliphatic heterocycles. The van der Waals surface area contributed by atoms with Gasteiger partial charge in [-0.25, -0.2) is 0 Å². The number of hydrogen-bond donors (Lipinski definition) is 1. The van der Waals surface area contributed by atoms with Gasteiger partial charge in [0.2, 0.25) is 0 Å². The lowest BCUT2D eigenvalue weighted by Crippen LogP contribution is -2.25. The van der Waals surface area contributed by atoms with Crippen LogP contribution in [0.4, 0.5) is 0 Å². The lowest BCUT2D eigenvalue weighted by molar-refractivity contribution is 0.257. The summed E-state index contributed by atoms with van der Waals surface area (Å²) in [5.74, 6) is 0. The maximum atomic E-state index is 6.27. The first-order chi connectivity index (χ1) is 7.74. The molecule has 0 atom stereocenters. The van der Waals surface area contributed by atoms with Crippen molar-refractivity contribution in [2.75, 3.05) is 0 Å². The van der Waals surface area contributed by atoms with Crippen LogP contribution in [0.1, 0.15) is 48.1 Å². The molecule has 16 heavy (non-hydrogen) atoms. The van der Waals surface area contributed by atoms with E-state index in [-0.39, 0.29) is 0 Å². The Hall–Kier alpha value is -0.0500. The number of hydrogen-bond acceptors (Lipinski definition) is 2. The van der Waals surface area contributed by atoms with Crippen molar-refractivity contribution in [3.05, 3.63) is 20.3 Å². The van der Waals surface area contributed by atoms with Gasteiger partial charge >= 0.3 is 0 Å². The summed E-state index contributed by atoms with van der Waals surface area (Å²) in [5.41, 5.74) is 9.14. The van der Waals surface area contributed by atoms with Crippen LogP contribution in [-0.4, -0.2) is 0 Å². The average molecular weight is 256 g/mol. The van der Waals surface area contributed by atoms with Crippen LogP contribution in [0.5, 0.6) is 0 Å². The van der Waals surface area contributed by atoms with Crippen LogP contribution in [0.15, 0.2) is 0 Å². The largest absolute Gasteiger partial charge is 0.326 e. The summed E-state index contributed by atoms with van der Waals surface area (Å²) in [7, 11) is 0. The zero-order valence-electron chi connectivity index (χ0n) is 9.52. The fourth-order valence-corrected chi connectivity index (χ4v) is 5.27. The molecule has 1 spiro atoms. The highest BCUT2D eigenvalue weighted by atomic mass is 35.5. The van der Waals surface area contributed by atoms with Gasteiger partial charge in [0.05, 0.1) is 4.34 Å². The van der Waals surface area contributed by atoms with Gasteiger partial charge in [0.1, 0.15) is 0 Å². The van der Waals surface area contributed by atoms with Crippen molar-refractivity contribution in [2.45, 2.75) is 51.5 Å². The monoisotopic (exact) mass is 255 g/mol. The molecule has 0 aromatic carbocycles. The maximum Gasteiger partial charge on any atom is 0.0978 e. The van der Waals surface area contributed by atoms with Crippen LogP contribution >= 0.6 is 22.9 Å². The molecular formula is C13H18ClNS. The Morgan fingerprint density at radius 1 is 1.25 bits per heavy atom. The van der Waals surface area contributed by atoms with Crippen molar-refractivity contribution in [3.63, 3.8) is 0 Å². The third kappa shape index (κ3) is 1.62. The Morgan fingerprint density at radius 3 is 2.69 bits per heavy atom. The van der Waals surface area contributed by atoms with E-state index in [2.05, 4.69) is 0 Å². The van der Waals surface area contributed by atoms with Crippen LogP contribution in [0, 0.1) is 5.41 Å². The van der Waals surface area contributed by atoms with E-state index in [9.17, 15) is 0 Å². The van der Waals surface area contributed by atoms with Gasteiger partial charge in [-0.3, -0.25) is 0 Å². The third-order valence-electron chi connectivity index (χ3n) is 4.46. The van der Waals surface area contributed by atoms with Crippen molar-refractivity contribution in [3.8, 4) is 0 Å². The van der Waals surface area contributed by atoms with Crippen molar-refractivity contribution in [1.82, 2.24) is 0 Å². The summed E-state index contributed by atoms with van der Waals surface area (Å²) in [4.78, 5) is 1.54. The molecule has 1 aromatic heterocycles. The molecule has 1 aromatic rings. The van der Waals surface area contributed by atoms with Crippen molar-refractivity contribution in [2.24, 2.45) is 11.1 Å². The quantitative estimate of drug-likeness (QED) is 0.809. The summed E-state index contributed by atoms with van der Waals surface area (Å²) in [5, 5.41) is 0. The molecule has 3 rings (SSSR count). The summed E-state index contributed by atoms with van der Waals surface area (Å²) in [6.45, 7) is 0.609. The van der Waals surface area contributed by atoms with E-state index < -0.39 is 0 Å². The lowest BCUT2D eigenvalue weighted by Gasteiger charge is -2.33. The van der Waals surface area contributed by atoms with Gasteiger partial charge in [-0.05, 0) is 48.6 Å². The highest BCUT2D eigenvalue weighted by molar-refractivity contribution is 7.16. The number of fused-ring (bicyclic) bond motifs is 1. The van der Waals surface area contributed by atoms with E-state index in [1.807, 2.05) is 0 Å². The molecule has 1 saturated carbocycles. The zero-order chi connectivity index (χ0) is 11.2. The minimum Gasteiger partial charge on any atom is -0.326 e. The van der Waals surface area contributed by atoms with E-state index in [1.165, 1.54) is 56.1 Å². The van der Waals surface area contributed by atoms with Crippen LogP contribution in [0.25, 0.3) is 0 Å². The van der Waals surface area contributed by atoms with E-state index in [0.29, 0.717) is 12.0 Å². The van der Waals surface area contributed by atoms with Gasteiger partial charge in [-0.1, -0.05) is 24.4 Å². The number of halogens is 1. The Labute approximate surface area is 106 Å². The Balaban J connectivity index is 1.95. The Bertz CT molecular complexity index is 404. The molecule has 0 saturated heterocycles. The highest BCUT2D eigenvalue weighted by Crippen LogP contribution is 2.51. The summed E-state index contributed by atoms with van der Waals surface area (Å²) in [6, 6.07) is 0. The Kier molecular flexibility index (Phi) is 2.77. The van der Waals surface area contributed by atoms with Crippen molar-refractivity contribution < 1.29 is 0 Å². The molecule has 2 aliphatic rings. The fourth-order valence-electron chi connectivity index (χ4n) is 3.53. The van der Waals surface area contributed by atoms with E-state index >= 15 is 0 Å². The second kappa shape index (κ2) is 4.01. The van der Waals surface area contributed by atoms with Gasteiger partial charge < -0.3 is 5.73 Å². The van der Waals surface area contributed by atoms with Crippen molar-refractivity contribution in [1.29, 1.82) is 0 Å². The van der Waals surface area contributed by atoms with Crippen LogP contribution < -0.4 is 5.73 Å². The topological polar surface area (TPSA) is 26.0 Å². The maximum absolute atomic E-state index is 6.27. The molecule has 0 unspecified atom stereocenters. The van der Waals surface area contributed by atoms with E-state index in [0.717, 1.165) is 4.34 Å². The fraction of sp³-hybridized carbons (Fsp3) is 0.692. The first kappa shape index (κ1) is 11.1. The predicted molar refractivity (Wildman–Crippen MR) is 70.1 cm³/mol. The van der Waals surface area contributed by atoms with Crippen molar-refractivity contribution >= 4 is 22.9 Å². The van der Waals surface area contributed by atoms with Crippen LogP contribution in [0.2, 0.25) is 4.34 Å². The third-order valence-corrected chi connectivity index (χ3v) is 5.98. The summed E-state index contributed by atoms with van der Waals surface area (Å²) >= 11 is 8.06. The molecule has 2 aliphatic carbocycles. The summed E-state index contributed by atoms with van der Waals surface area (Å²) in [6.07, 6.45) is 9.56. The summed E-state index contributed by atoms with van der Waals surface area (Å²) < 4.78 is 0.947. The normalized spacial score (nSPS) is 22.6. The molecule has 3 heteroatoms. The number of nitrogens with two attached hydrogens (primary N) is 1. The highest BCUT2D eigenvalue weighted by Gasteiger charge is 2.38. The molecule has 1 nitrogen and oxygen atoms in total. The minimum absolute atomic E-state index is 0.609. The second-order valence-electron chi connectivity index (χ2n) is 5.34. The van der Waals surface area contributed by atoms with Crippen LogP contribution in [-0.2, 0) is 19.4 Å². The second-order valence-corrected chi connectivity index (χ2v) is 7.05. The molecule has 1 heterocycles. The SMILES string of the molecule is NCc1c(Cl)sc2c1CCC1(CCCC1)C2. The minimum atomic E-state index is 0.609. The smallest absolute Gasteiger partial charge is 0.0978 e. The molecule has 0 radical (unpaired) electrons. The number of thiophene rings is 1. The molecular weight excluding hydrogens is 238 g/mol. The van der Waals surface area contributed by atoms with Gasteiger partial charge in [-0.15, -0.1) is 11.3 Å². The molecule has 2 N–H and O–H groups in total. The standard InChI is InChI=1S/C13H18ClNS/c14-12-10(8-15)9-3-6-13(4-1-2-5-13)7-11(9)16-12/h1-8,15H2. The zero-order valence-corrected chi connectivity index (χ0v) is 11.1. The molecule has 0 amide bonds. The van der Waals surface area contributed by atoms with Gasteiger partial charge in [-0.2, -0.15) is 0 Å². The van der Waals surface area contributed by atoms with Gasteiger partial charge in [0.25, 0.3) is 0 Å². The van der Waals surface area contributed by atoms with Crippen LogP contribution in [0.3, 0.4) is 0 Å². The van der Waals surface area contributed by atoms with E-state index in [4.69, 9.17) is 17.3 Å². The number of rotatable bonds is 1.